The number of benzene rings is 1. The molecule has 1 aliphatic heterocycles. The molecule has 0 aliphatic carbocycles. The van der Waals surface area contributed by atoms with Gasteiger partial charge in [-0.25, -0.2) is 4.39 Å². The van der Waals surface area contributed by atoms with Crippen LogP contribution in [0.1, 0.15) is 24.5 Å². The molecule has 2 rings (SSSR count). The smallest absolute Gasteiger partial charge is 0.130 e. The Labute approximate surface area is 90.2 Å². The molecule has 80 valence electrons. The van der Waals surface area contributed by atoms with E-state index < -0.39 is 0 Å². The van der Waals surface area contributed by atoms with E-state index in [0.717, 1.165) is 30.8 Å². The van der Waals surface area contributed by atoms with Gasteiger partial charge in [0.25, 0.3) is 0 Å². The average Bonchev–Trinajstić information content (AvgIpc) is 2.11. The fraction of sp³-hybridized carbons (Fsp3) is 0.385. The lowest BCUT2D eigenvalue weighted by molar-refractivity contribution is 0.172. The third-order valence-electron chi connectivity index (χ3n) is 2.85. The molecule has 0 atom stereocenters. The summed E-state index contributed by atoms with van der Waals surface area (Å²) < 4.78 is 13.6. The minimum Gasteiger partial charge on any atom is -0.299 e. The van der Waals surface area contributed by atoms with Crippen LogP contribution in [0.4, 0.5) is 4.39 Å². The van der Waals surface area contributed by atoms with Crippen LogP contribution in [0.5, 0.6) is 0 Å². The zero-order valence-electron chi connectivity index (χ0n) is 9.09. The van der Waals surface area contributed by atoms with E-state index in [9.17, 15) is 4.39 Å². The minimum atomic E-state index is -0.152. The molecular formula is C13H16FN. The molecule has 0 amide bonds. The van der Waals surface area contributed by atoms with Gasteiger partial charge < -0.3 is 0 Å². The zero-order valence-corrected chi connectivity index (χ0v) is 9.09. The van der Waals surface area contributed by atoms with Crippen LogP contribution in [0, 0.1) is 5.82 Å². The van der Waals surface area contributed by atoms with E-state index in [1.54, 1.807) is 6.07 Å². The van der Waals surface area contributed by atoms with Gasteiger partial charge >= 0.3 is 0 Å². The Morgan fingerprint density at radius 3 is 2.67 bits per heavy atom. The van der Waals surface area contributed by atoms with E-state index in [0.29, 0.717) is 5.56 Å². The predicted octanol–water partition coefficient (Wildman–Crippen LogP) is 3.06. The molecule has 1 saturated heterocycles. The Kier molecular flexibility index (Phi) is 2.87. The molecule has 0 N–H and O–H groups in total. The summed E-state index contributed by atoms with van der Waals surface area (Å²) >= 11 is 0. The van der Waals surface area contributed by atoms with Crippen molar-refractivity contribution in [2.24, 2.45) is 0 Å². The van der Waals surface area contributed by atoms with Crippen LogP contribution in [-0.4, -0.2) is 18.0 Å². The third kappa shape index (κ3) is 2.26. The first-order valence-electron chi connectivity index (χ1n) is 5.33. The third-order valence-corrected chi connectivity index (χ3v) is 2.85. The summed E-state index contributed by atoms with van der Waals surface area (Å²) in [7, 11) is 0. The number of rotatable bonds is 3. The maximum absolute atomic E-state index is 13.6. The van der Waals surface area contributed by atoms with Crippen LogP contribution >= 0.6 is 0 Å². The normalized spacial score (nSPS) is 16.1. The number of allylic oxidation sites excluding steroid dienone is 1. The highest BCUT2D eigenvalue weighted by Crippen LogP contribution is 2.19. The Morgan fingerprint density at radius 1 is 1.47 bits per heavy atom. The van der Waals surface area contributed by atoms with Gasteiger partial charge in [0, 0.05) is 12.1 Å². The van der Waals surface area contributed by atoms with E-state index in [4.69, 9.17) is 0 Å². The molecule has 15 heavy (non-hydrogen) atoms. The van der Waals surface area contributed by atoms with E-state index in [1.807, 2.05) is 19.1 Å². The fourth-order valence-corrected chi connectivity index (χ4v) is 1.80. The first kappa shape index (κ1) is 10.4. The van der Waals surface area contributed by atoms with Crippen molar-refractivity contribution < 1.29 is 4.39 Å². The molecule has 0 spiro atoms. The van der Waals surface area contributed by atoms with E-state index in [2.05, 4.69) is 11.5 Å². The minimum absolute atomic E-state index is 0.152. The summed E-state index contributed by atoms with van der Waals surface area (Å²) in [5.74, 6) is -0.152. The molecule has 2 heteroatoms. The van der Waals surface area contributed by atoms with Crippen LogP contribution in [0.25, 0.3) is 5.57 Å². The molecule has 1 aliphatic rings. The topological polar surface area (TPSA) is 3.24 Å². The summed E-state index contributed by atoms with van der Waals surface area (Å²) in [4.78, 5) is 2.31. The molecule has 0 saturated carbocycles. The highest BCUT2D eigenvalue weighted by atomic mass is 19.1. The van der Waals surface area contributed by atoms with Crippen molar-refractivity contribution >= 4 is 5.57 Å². The van der Waals surface area contributed by atoms with Crippen molar-refractivity contribution in [1.82, 2.24) is 4.90 Å². The van der Waals surface area contributed by atoms with Crippen molar-refractivity contribution in [1.29, 1.82) is 0 Å². The van der Waals surface area contributed by atoms with Crippen molar-refractivity contribution in [3.63, 3.8) is 0 Å². The second kappa shape index (κ2) is 4.15. The lowest BCUT2D eigenvalue weighted by Crippen LogP contribution is -2.36. The monoisotopic (exact) mass is 205 g/mol. The van der Waals surface area contributed by atoms with Crippen LogP contribution in [0.15, 0.2) is 24.8 Å². The number of halogens is 1. The Balaban J connectivity index is 2.13. The maximum Gasteiger partial charge on any atom is 0.130 e. The number of nitrogens with zero attached hydrogens (tertiary/aromatic N) is 1. The van der Waals surface area contributed by atoms with Gasteiger partial charge in [-0.2, -0.15) is 0 Å². The zero-order chi connectivity index (χ0) is 10.8. The van der Waals surface area contributed by atoms with Gasteiger partial charge in [-0.15, -0.1) is 0 Å². The molecule has 1 fully saturated rings. The first-order chi connectivity index (χ1) is 7.16. The largest absolute Gasteiger partial charge is 0.299 e. The van der Waals surface area contributed by atoms with Crippen LogP contribution in [0.2, 0.25) is 0 Å². The van der Waals surface area contributed by atoms with Crippen LogP contribution in [-0.2, 0) is 6.54 Å². The highest BCUT2D eigenvalue weighted by molar-refractivity contribution is 5.62. The van der Waals surface area contributed by atoms with Crippen molar-refractivity contribution in [2.75, 3.05) is 13.1 Å². The number of hydrogen-bond donors (Lipinski definition) is 0. The Hall–Kier alpha value is -1.15. The van der Waals surface area contributed by atoms with Crippen molar-refractivity contribution in [2.45, 2.75) is 19.9 Å². The summed E-state index contributed by atoms with van der Waals surface area (Å²) in [6, 6.07) is 5.44. The Bertz CT molecular complexity index is 380. The summed E-state index contributed by atoms with van der Waals surface area (Å²) in [6.07, 6.45) is 1.27. The average molecular weight is 205 g/mol. The molecule has 0 unspecified atom stereocenters. The standard InChI is InChI=1S/C13H16FN/c1-10(2)12-5-4-11(8-13(12)14)9-15-6-3-7-15/h4-5,8H,1,3,6-7,9H2,2H3. The van der Waals surface area contributed by atoms with E-state index in [-0.39, 0.29) is 5.82 Å². The first-order valence-corrected chi connectivity index (χ1v) is 5.33. The molecule has 0 radical (unpaired) electrons. The lowest BCUT2D eigenvalue weighted by atomic mass is 10.0. The summed E-state index contributed by atoms with van der Waals surface area (Å²) in [5.41, 5.74) is 2.46. The molecule has 0 bridgehead atoms. The van der Waals surface area contributed by atoms with Crippen LogP contribution in [0.3, 0.4) is 0 Å². The second-order valence-corrected chi connectivity index (χ2v) is 4.22. The van der Waals surface area contributed by atoms with Gasteiger partial charge in [-0.05, 0) is 43.6 Å². The highest BCUT2D eigenvalue weighted by Gasteiger charge is 2.14. The molecule has 1 aromatic rings. The number of hydrogen-bond acceptors (Lipinski definition) is 1. The van der Waals surface area contributed by atoms with Gasteiger partial charge in [0.15, 0.2) is 0 Å². The molecule has 1 nitrogen and oxygen atoms in total. The molecule has 0 aromatic heterocycles. The second-order valence-electron chi connectivity index (χ2n) is 4.22. The fourth-order valence-electron chi connectivity index (χ4n) is 1.80. The lowest BCUT2D eigenvalue weighted by Gasteiger charge is -2.30. The van der Waals surface area contributed by atoms with Gasteiger partial charge in [0.1, 0.15) is 5.82 Å². The number of likely N-dealkylation sites (tertiary alicyclic amines) is 1. The summed E-state index contributed by atoms with van der Waals surface area (Å²) in [6.45, 7) is 8.73. The molecule has 1 aromatic carbocycles. The van der Waals surface area contributed by atoms with Gasteiger partial charge in [0.2, 0.25) is 0 Å². The van der Waals surface area contributed by atoms with Gasteiger partial charge in [0.05, 0.1) is 0 Å². The summed E-state index contributed by atoms with van der Waals surface area (Å²) in [5, 5.41) is 0. The molecular weight excluding hydrogens is 189 g/mol. The SMILES string of the molecule is C=C(C)c1ccc(CN2CCC2)cc1F. The van der Waals surface area contributed by atoms with Crippen LogP contribution < -0.4 is 0 Å². The maximum atomic E-state index is 13.6. The van der Waals surface area contributed by atoms with E-state index in [1.165, 1.54) is 6.42 Å². The van der Waals surface area contributed by atoms with Gasteiger partial charge in [-0.1, -0.05) is 18.7 Å². The Morgan fingerprint density at radius 2 is 2.20 bits per heavy atom. The molecule has 1 heterocycles. The van der Waals surface area contributed by atoms with E-state index >= 15 is 0 Å². The predicted molar refractivity (Wildman–Crippen MR) is 61.0 cm³/mol. The van der Waals surface area contributed by atoms with Crippen molar-refractivity contribution in [3.05, 3.63) is 41.7 Å². The quantitative estimate of drug-likeness (QED) is 0.733. The van der Waals surface area contributed by atoms with Gasteiger partial charge in [-0.3, -0.25) is 4.90 Å². The van der Waals surface area contributed by atoms with Crippen molar-refractivity contribution in [3.8, 4) is 0 Å².